The minimum Gasteiger partial charge on any atom is -0.492 e. The molecule has 0 aromatic heterocycles. The van der Waals surface area contributed by atoms with Crippen molar-refractivity contribution in [3.05, 3.63) is 94.5 Å². The van der Waals surface area contributed by atoms with Gasteiger partial charge < -0.3 is 15.0 Å². The summed E-state index contributed by atoms with van der Waals surface area (Å²) in [5, 5.41) is 2.98. The minimum absolute atomic E-state index is 0.0587. The SMILES string of the molecule is CCCNC(=O)[C@@H](Cc1ccccc1)N(Cc1cccc(Br)c1)C(=O)CCCN(c1ccccc1OCC)S(C)(=O)=O. The van der Waals surface area contributed by atoms with Gasteiger partial charge in [0.1, 0.15) is 11.8 Å². The van der Waals surface area contributed by atoms with Crippen LogP contribution in [0.1, 0.15) is 44.2 Å². The highest BCUT2D eigenvalue weighted by Gasteiger charge is 2.30. The van der Waals surface area contributed by atoms with Crippen molar-refractivity contribution in [2.24, 2.45) is 0 Å². The normalized spacial score (nSPS) is 11.9. The van der Waals surface area contributed by atoms with E-state index in [1.165, 1.54) is 4.31 Å². The number of nitrogens with zero attached hydrogens (tertiary/aromatic N) is 2. The number of hydrogen-bond donors (Lipinski definition) is 1. The number of hydrogen-bond acceptors (Lipinski definition) is 5. The Morgan fingerprint density at radius 3 is 2.31 bits per heavy atom. The van der Waals surface area contributed by atoms with Crippen molar-refractivity contribution in [2.75, 3.05) is 30.3 Å². The Labute approximate surface area is 258 Å². The third kappa shape index (κ3) is 9.87. The zero-order valence-corrected chi connectivity index (χ0v) is 26.9. The maximum atomic E-state index is 13.9. The molecule has 1 atom stereocenters. The van der Waals surface area contributed by atoms with Gasteiger partial charge in [0.2, 0.25) is 21.8 Å². The number of carbonyl (C=O) groups excluding carboxylic acids is 2. The van der Waals surface area contributed by atoms with Gasteiger partial charge in [-0.1, -0.05) is 77.5 Å². The Morgan fingerprint density at radius 1 is 0.952 bits per heavy atom. The molecule has 1 N–H and O–H groups in total. The number of halogens is 1. The summed E-state index contributed by atoms with van der Waals surface area (Å²) in [6.45, 7) is 5.03. The van der Waals surface area contributed by atoms with Crippen LogP contribution in [-0.4, -0.2) is 57.1 Å². The molecule has 0 unspecified atom stereocenters. The number of benzene rings is 3. The second kappa shape index (κ2) is 16.3. The lowest BCUT2D eigenvalue weighted by atomic mass is 10.0. The second-order valence-corrected chi connectivity index (χ2v) is 12.8. The number of ether oxygens (including phenoxy) is 1. The van der Waals surface area contributed by atoms with Gasteiger partial charge >= 0.3 is 0 Å². The first-order valence-electron chi connectivity index (χ1n) is 14.2. The maximum absolute atomic E-state index is 13.9. The van der Waals surface area contributed by atoms with E-state index in [0.29, 0.717) is 31.0 Å². The molecule has 3 rings (SSSR count). The molecule has 0 heterocycles. The van der Waals surface area contributed by atoms with Gasteiger partial charge in [-0.3, -0.25) is 13.9 Å². The predicted octanol–water partition coefficient (Wildman–Crippen LogP) is 5.56. The summed E-state index contributed by atoms with van der Waals surface area (Å²) in [5.41, 5.74) is 2.25. The van der Waals surface area contributed by atoms with E-state index < -0.39 is 16.1 Å². The molecular weight excluding hydrogens is 618 g/mol. The van der Waals surface area contributed by atoms with E-state index in [-0.39, 0.29) is 37.7 Å². The fraction of sp³-hybridized carbons (Fsp3) is 0.375. The van der Waals surface area contributed by atoms with Crippen molar-refractivity contribution in [1.82, 2.24) is 10.2 Å². The summed E-state index contributed by atoms with van der Waals surface area (Å²) in [6.07, 6.45) is 2.59. The van der Waals surface area contributed by atoms with Crippen LogP contribution < -0.4 is 14.4 Å². The minimum atomic E-state index is -3.65. The highest BCUT2D eigenvalue weighted by atomic mass is 79.9. The van der Waals surface area contributed by atoms with E-state index in [4.69, 9.17) is 4.74 Å². The van der Waals surface area contributed by atoms with Crippen molar-refractivity contribution in [1.29, 1.82) is 0 Å². The van der Waals surface area contributed by atoms with E-state index >= 15 is 0 Å². The summed E-state index contributed by atoms with van der Waals surface area (Å²) in [5.74, 6) is 0.0186. The van der Waals surface area contributed by atoms with Crippen LogP contribution in [0.15, 0.2) is 83.3 Å². The van der Waals surface area contributed by atoms with Gasteiger partial charge in [0.15, 0.2) is 0 Å². The molecule has 0 radical (unpaired) electrons. The molecule has 2 amide bonds. The fourth-order valence-electron chi connectivity index (χ4n) is 4.68. The number of sulfonamides is 1. The first-order chi connectivity index (χ1) is 20.1. The van der Waals surface area contributed by atoms with E-state index in [1.807, 2.05) is 68.4 Å². The first kappa shape index (κ1) is 33.1. The number of rotatable bonds is 16. The molecule has 0 aliphatic rings. The van der Waals surface area contributed by atoms with Crippen LogP contribution in [0.2, 0.25) is 0 Å². The van der Waals surface area contributed by atoms with Gasteiger partial charge in [0, 0.05) is 36.9 Å². The molecule has 8 nitrogen and oxygen atoms in total. The number of para-hydroxylation sites is 2. The third-order valence-electron chi connectivity index (χ3n) is 6.65. The van der Waals surface area contributed by atoms with Crippen LogP contribution in [0.5, 0.6) is 5.75 Å². The molecular formula is C32H40BrN3O5S. The molecule has 226 valence electrons. The van der Waals surface area contributed by atoms with Gasteiger partial charge in [-0.05, 0) is 55.2 Å². The quantitative estimate of drug-likeness (QED) is 0.218. The van der Waals surface area contributed by atoms with Crippen LogP contribution in [0.25, 0.3) is 0 Å². The average Bonchev–Trinajstić information content (AvgIpc) is 2.96. The fourth-order valence-corrected chi connectivity index (χ4v) is 6.09. The van der Waals surface area contributed by atoms with Crippen LogP contribution in [0.3, 0.4) is 0 Å². The van der Waals surface area contributed by atoms with E-state index in [1.54, 1.807) is 29.2 Å². The summed E-state index contributed by atoms with van der Waals surface area (Å²) < 4.78 is 33.4. The highest BCUT2D eigenvalue weighted by Crippen LogP contribution is 2.30. The van der Waals surface area contributed by atoms with Crippen molar-refractivity contribution < 1.29 is 22.7 Å². The summed E-state index contributed by atoms with van der Waals surface area (Å²) >= 11 is 3.50. The topological polar surface area (TPSA) is 96.0 Å². The number of amides is 2. The first-order valence-corrected chi connectivity index (χ1v) is 16.8. The number of nitrogens with one attached hydrogen (secondary N) is 1. The Bertz CT molecular complexity index is 1420. The molecule has 42 heavy (non-hydrogen) atoms. The molecule has 3 aromatic carbocycles. The Hall–Kier alpha value is -3.37. The zero-order chi connectivity index (χ0) is 30.5. The Kier molecular flexibility index (Phi) is 12.9. The van der Waals surface area contributed by atoms with Gasteiger partial charge in [-0.2, -0.15) is 0 Å². The molecule has 3 aromatic rings. The van der Waals surface area contributed by atoms with Crippen LogP contribution in [0.4, 0.5) is 5.69 Å². The molecule has 0 bridgehead atoms. The number of carbonyl (C=O) groups is 2. The molecule has 10 heteroatoms. The van der Waals surface area contributed by atoms with E-state index in [9.17, 15) is 18.0 Å². The second-order valence-electron chi connectivity index (χ2n) is 9.99. The molecule has 0 spiro atoms. The standard InChI is InChI=1S/C32H40BrN3O5S/c1-4-20-34-32(38)29(23-25-13-7-6-8-14-25)35(24-26-15-11-16-27(33)22-26)31(37)19-12-21-36(42(3,39)40)28-17-9-10-18-30(28)41-5-2/h6-11,13-18,22,29H,4-5,12,19-21,23-24H2,1-3H3,(H,34,38)/t29-/m1/s1. The lowest BCUT2D eigenvalue weighted by molar-refractivity contribution is -0.141. The predicted molar refractivity (Wildman–Crippen MR) is 171 cm³/mol. The zero-order valence-electron chi connectivity index (χ0n) is 24.5. The smallest absolute Gasteiger partial charge is 0.243 e. The molecule has 0 aliphatic carbocycles. The average molecular weight is 659 g/mol. The lowest BCUT2D eigenvalue weighted by Crippen LogP contribution is -2.50. The van der Waals surface area contributed by atoms with Crippen LogP contribution >= 0.6 is 15.9 Å². The largest absolute Gasteiger partial charge is 0.492 e. The molecule has 0 fully saturated rings. The van der Waals surface area contributed by atoms with Crippen molar-refractivity contribution in [3.63, 3.8) is 0 Å². The Morgan fingerprint density at radius 2 is 1.64 bits per heavy atom. The molecule has 0 saturated heterocycles. The molecule has 0 aliphatic heterocycles. The van der Waals surface area contributed by atoms with Gasteiger partial charge in [-0.15, -0.1) is 0 Å². The van der Waals surface area contributed by atoms with Crippen molar-refractivity contribution >= 4 is 43.5 Å². The monoisotopic (exact) mass is 657 g/mol. The van der Waals surface area contributed by atoms with Crippen LogP contribution in [0, 0.1) is 0 Å². The van der Waals surface area contributed by atoms with Crippen molar-refractivity contribution in [3.8, 4) is 5.75 Å². The van der Waals surface area contributed by atoms with Gasteiger partial charge in [-0.25, -0.2) is 8.42 Å². The molecule has 0 saturated carbocycles. The van der Waals surface area contributed by atoms with Crippen LogP contribution in [-0.2, 0) is 32.6 Å². The summed E-state index contributed by atoms with van der Waals surface area (Å²) in [6, 6.07) is 23.5. The summed E-state index contributed by atoms with van der Waals surface area (Å²) in [4.78, 5) is 29.0. The number of anilines is 1. The van der Waals surface area contributed by atoms with E-state index in [0.717, 1.165) is 28.3 Å². The maximum Gasteiger partial charge on any atom is 0.243 e. The highest BCUT2D eigenvalue weighted by molar-refractivity contribution is 9.10. The Balaban J connectivity index is 1.89. The van der Waals surface area contributed by atoms with Gasteiger partial charge in [0.05, 0.1) is 18.6 Å². The van der Waals surface area contributed by atoms with Gasteiger partial charge in [0.25, 0.3) is 0 Å². The lowest BCUT2D eigenvalue weighted by Gasteiger charge is -2.32. The summed E-state index contributed by atoms with van der Waals surface area (Å²) in [7, 11) is -3.65. The van der Waals surface area contributed by atoms with Crippen molar-refractivity contribution in [2.45, 2.75) is 52.1 Å². The third-order valence-corrected chi connectivity index (χ3v) is 8.32. The van der Waals surface area contributed by atoms with E-state index in [2.05, 4.69) is 21.2 Å².